The minimum atomic E-state index is 0.113. The van der Waals surface area contributed by atoms with Gasteiger partial charge in [0.05, 0.1) is 11.4 Å². The molecule has 2 nitrogen and oxygen atoms in total. The summed E-state index contributed by atoms with van der Waals surface area (Å²) in [6.07, 6.45) is 0. The molecule has 0 atom stereocenters. The van der Waals surface area contributed by atoms with Crippen LogP contribution in [0.4, 0.5) is 17.1 Å². The van der Waals surface area contributed by atoms with E-state index in [0.29, 0.717) is 0 Å². The maximum atomic E-state index is 6.31. The molecule has 0 N–H and O–H groups in total. The van der Waals surface area contributed by atoms with E-state index in [2.05, 4.69) is 137 Å². The zero-order valence-electron chi connectivity index (χ0n) is 24.3. The highest BCUT2D eigenvalue weighted by molar-refractivity contribution is 5.90. The molecule has 0 aliphatic carbocycles. The Balaban J connectivity index is 1.54. The molecule has 0 radical (unpaired) electrons. The van der Waals surface area contributed by atoms with Gasteiger partial charge in [-0.05, 0) is 86.7 Å². The molecule has 6 rings (SSSR count). The van der Waals surface area contributed by atoms with Crippen LogP contribution in [0, 0.1) is 0 Å². The Morgan fingerprint density at radius 2 is 0.850 bits per heavy atom. The Morgan fingerprint density at radius 3 is 1.25 bits per heavy atom. The van der Waals surface area contributed by atoms with Crippen molar-refractivity contribution < 1.29 is 4.74 Å². The first kappa shape index (κ1) is 26.0. The summed E-state index contributed by atoms with van der Waals surface area (Å²) < 4.78 is 6.31. The fourth-order valence-corrected chi connectivity index (χ4v) is 5.38. The van der Waals surface area contributed by atoms with Gasteiger partial charge in [-0.15, -0.1) is 0 Å². The second-order valence-corrected chi connectivity index (χ2v) is 12.8. The van der Waals surface area contributed by atoms with Crippen LogP contribution in [0.5, 0.6) is 11.5 Å². The Kier molecular flexibility index (Phi) is 6.30. The molecule has 40 heavy (non-hydrogen) atoms. The van der Waals surface area contributed by atoms with Gasteiger partial charge in [0.25, 0.3) is 0 Å². The first-order chi connectivity index (χ1) is 19.1. The lowest BCUT2D eigenvalue weighted by atomic mass is 9.85. The van der Waals surface area contributed by atoms with Crippen LogP contribution in [0.25, 0.3) is 22.3 Å². The Labute approximate surface area is 238 Å². The van der Waals surface area contributed by atoms with Crippen LogP contribution in [0.1, 0.15) is 52.7 Å². The Morgan fingerprint density at radius 1 is 0.450 bits per heavy atom. The molecular weight excluding hydrogens is 486 g/mol. The number of rotatable bonds is 3. The molecule has 0 bridgehead atoms. The van der Waals surface area contributed by atoms with Crippen LogP contribution in [0.3, 0.4) is 0 Å². The van der Waals surface area contributed by atoms with Crippen molar-refractivity contribution >= 4 is 17.1 Å². The monoisotopic (exact) mass is 523 g/mol. The summed E-state index contributed by atoms with van der Waals surface area (Å²) in [5, 5.41) is 0. The third kappa shape index (κ3) is 4.91. The fraction of sp³-hybridized carbons (Fsp3) is 0.211. The molecule has 0 spiro atoms. The van der Waals surface area contributed by atoms with Gasteiger partial charge in [-0.3, -0.25) is 0 Å². The van der Waals surface area contributed by atoms with Crippen LogP contribution in [0.15, 0.2) is 115 Å². The molecule has 0 saturated carbocycles. The van der Waals surface area contributed by atoms with Gasteiger partial charge in [-0.2, -0.15) is 0 Å². The summed E-state index contributed by atoms with van der Waals surface area (Å²) in [7, 11) is 0. The maximum absolute atomic E-state index is 6.31. The van der Waals surface area contributed by atoms with Gasteiger partial charge < -0.3 is 9.64 Å². The normalized spacial score (nSPS) is 12.9. The molecule has 1 aliphatic heterocycles. The smallest absolute Gasteiger partial charge is 0.151 e. The van der Waals surface area contributed by atoms with E-state index in [4.69, 9.17) is 4.74 Å². The van der Waals surface area contributed by atoms with Gasteiger partial charge >= 0.3 is 0 Å². The third-order valence-electron chi connectivity index (χ3n) is 7.78. The summed E-state index contributed by atoms with van der Waals surface area (Å²) in [5.74, 6) is 1.72. The highest BCUT2D eigenvalue weighted by Gasteiger charge is 2.26. The molecule has 1 aliphatic rings. The molecule has 0 fully saturated rings. The van der Waals surface area contributed by atoms with Crippen LogP contribution in [0.2, 0.25) is 0 Å². The number of para-hydroxylation sites is 4. The predicted molar refractivity (Wildman–Crippen MR) is 169 cm³/mol. The van der Waals surface area contributed by atoms with Gasteiger partial charge in [0.2, 0.25) is 0 Å². The number of ether oxygens (including phenoxy) is 1. The van der Waals surface area contributed by atoms with Crippen LogP contribution >= 0.6 is 0 Å². The van der Waals surface area contributed by atoms with Crippen molar-refractivity contribution in [1.82, 2.24) is 0 Å². The summed E-state index contributed by atoms with van der Waals surface area (Å²) >= 11 is 0. The summed E-state index contributed by atoms with van der Waals surface area (Å²) in [6.45, 7) is 13.6. The van der Waals surface area contributed by atoms with Gasteiger partial charge in [0, 0.05) is 5.69 Å². The molecule has 1 heterocycles. The lowest BCUT2D eigenvalue weighted by Gasteiger charge is -2.33. The lowest BCUT2D eigenvalue weighted by molar-refractivity contribution is 0.477. The van der Waals surface area contributed by atoms with E-state index >= 15 is 0 Å². The molecule has 5 aromatic rings. The van der Waals surface area contributed by atoms with Crippen molar-refractivity contribution in [2.24, 2.45) is 0 Å². The van der Waals surface area contributed by atoms with Crippen LogP contribution < -0.4 is 9.64 Å². The number of hydrogen-bond donors (Lipinski definition) is 0. The molecule has 0 unspecified atom stereocenters. The first-order valence-corrected chi connectivity index (χ1v) is 14.1. The van der Waals surface area contributed by atoms with E-state index in [0.717, 1.165) is 28.6 Å². The molecule has 200 valence electrons. The zero-order chi connectivity index (χ0) is 28.1. The standard InChI is InChI=1S/C38H37NO/c1-37(2,3)30-19-15-26(16-20-30)28-23-29(27-17-21-31(22-18-27)38(4,5)6)25-32(24-28)39-33-11-7-9-13-35(33)40-36-14-10-8-12-34(36)39/h7-25H,1-6H3. The molecule has 5 aromatic carbocycles. The maximum Gasteiger partial charge on any atom is 0.151 e. The minimum Gasteiger partial charge on any atom is -0.453 e. The minimum absolute atomic E-state index is 0.113. The highest BCUT2D eigenvalue weighted by atomic mass is 16.5. The second kappa shape index (κ2) is 9.71. The van der Waals surface area contributed by atoms with E-state index in [1.165, 1.54) is 33.4 Å². The van der Waals surface area contributed by atoms with Gasteiger partial charge in [0.1, 0.15) is 0 Å². The van der Waals surface area contributed by atoms with Gasteiger partial charge in [-0.25, -0.2) is 0 Å². The largest absolute Gasteiger partial charge is 0.453 e. The number of anilines is 3. The van der Waals surface area contributed by atoms with Crippen molar-refractivity contribution in [1.29, 1.82) is 0 Å². The van der Waals surface area contributed by atoms with Gasteiger partial charge in [-0.1, -0.05) is 114 Å². The van der Waals surface area contributed by atoms with E-state index < -0.39 is 0 Å². The lowest BCUT2D eigenvalue weighted by Crippen LogP contribution is -2.15. The van der Waals surface area contributed by atoms with Gasteiger partial charge in [0.15, 0.2) is 11.5 Å². The Bertz CT molecular complexity index is 1540. The van der Waals surface area contributed by atoms with Crippen molar-refractivity contribution in [2.45, 2.75) is 52.4 Å². The SMILES string of the molecule is CC(C)(C)c1ccc(-c2cc(-c3ccc(C(C)(C)C)cc3)cc(N3c4ccccc4Oc4ccccc43)c2)cc1. The molecule has 2 heteroatoms. The summed E-state index contributed by atoms with van der Waals surface area (Å²) in [4.78, 5) is 2.33. The molecule has 0 saturated heterocycles. The molecular formula is C38H37NO. The van der Waals surface area contributed by atoms with Crippen molar-refractivity contribution in [3.05, 3.63) is 126 Å². The third-order valence-corrected chi connectivity index (χ3v) is 7.78. The first-order valence-electron chi connectivity index (χ1n) is 14.1. The van der Waals surface area contributed by atoms with E-state index in [1.807, 2.05) is 24.3 Å². The highest BCUT2D eigenvalue weighted by Crippen LogP contribution is 2.51. The Hall–Kier alpha value is -4.30. The number of fused-ring (bicyclic) bond motifs is 2. The fourth-order valence-electron chi connectivity index (χ4n) is 5.38. The van der Waals surface area contributed by atoms with Crippen molar-refractivity contribution in [2.75, 3.05) is 4.90 Å². The number of benzene rings is 5. The molecule has 0 aromatic heterocycles. The van der Waals surface area contributed by atoms with Crippen LogP contribution in [-0.4, -0.2) is 0 Å². The second-order valence-electron chi connectivity index (χ2n) is 12.8. The topological polar surface area (TPSA) is 12.5 Å². The number of nitrogens with zero attached hydrogens (tertiary/aromatic N) is 1. The van der Waals surface area contributed by atoms with Crippen molar-refractivity contribution in [3.63, 3.8) is 0 Å². The van der Waals surface area contributed by atoms with Crippen molar-refractivity contribution in [3.8, 4) is 33.8 Å². The average molecular weight is 524 g/mol. The zero-order valence-corrected chi connectivity index (χ0v) is 24.3. The number of hydrogen-bond acceptors (Lipinski definition) is 2. The predicted octanol–water partition coefficient (Wildman–Crippen LogP) is 11.2. The average Bonchev–Trinajstić information content (AvgIpc) is 2.95. The molecule has 0 amide bonds. The van der Waals surface area contributed by atoms with E-state index in [9.17, 15) is 0 Å². The summed E-state index contributed by atoms with van der Waals surface area (Å²) in [5.41, 5.74) is 10.9. The quantitative estimate of drug-likeness (QED) is 0.229. The van der Waals surface area contributed by atoms with Crippen LogP contribution in [-0.2, 0) is 10.8 Å². The van der Waals surface area contributed by atoms with E-state index in [-0.39, 0.29) is 10.8 Å². The van der Waals surface area contributed by atoms with E-state index in [1.54, 1.807) is 0 Å². The summed E-state index contributed by atoms with van der Waals surface area (Å²) in [6, 6.07) is 41.6.